The maximum atomic E-state index is 11.9. The number of rotatable bonds is 4. The van der Waals surface area contributed by atoms with Crippen LogP contribution in [0.15, 0.2) is 24.3 Å². The number of amides is 1. The first kappa shape index (κ1) is 13.6. The van der Waals surface area contributed by atoms with Gasteiger partial charge in [0, 0.05) is 25.6 Å². The number of likely N-dealkylation sites (tertiary alicyclic amines) is 1. The molecule has 0 atom stereocenters. The summed E-state index contributed by atoms with van der Waals surface area (Å²) in [7, 11) is 4.09. The molecule has 4 nitrogen and oxygen atoms in total. The Bertz CT molecular complexity index is 481. The van der Waals surface area contributed by atoms with Gasteiger partial charge in [-0.05, 0) is 38.2 Å². The maximum Gasteiger partial charge on any atom is 0.223 e. The summed E-state index contributed by atoms with van der Waals surface area (Å²) in [4.78, 5) is 16.0. The van der Waals surface area contributed by atoms with E-state index in [1.54, 1.807) is 12.1 Å². The molecule has 0 N–H and O–H groups in total. The normalized spacial score (nSPS) is 15.2. The van der Waals surface area contributed by atoms with Crippen molar-refractivity contribution < 1.29 is 4.79 Å². The fourth-order valence-corrected chi connectivity index (χ4v) is 2.14. The smallest absolute Gasteiger partial charge is 0.223 e. The van der Waals surface area contributed by atoms with Gasteiger partial charge >= 0.3 is 0 Å². The zero-order valence-electron chi connectivity index (χ0n) is 11.5. The first-order chi connectivity index (χ1) is 9.10. The lowest BCUT2D eigenvalue weighted by Crippen LogP contribution is -2.59. The van der Waals surface area contributed by atoms with Gasteiger partial charge in [-0.25, -0.2) is 0 Å². The van der Waals surface area contributed by atoms with Crippen LogP contribution in [0.25, 0.3) is 0 Å². The maximum absolute atomic E-state index is 11.9. The van der Waals surface area contributed by atoms with E-state index in [0.29, 0.717) is 18.0 Å². The molecule has 4 heteroatoms. The van der Waals surface area contributed by atoms with E-state index in [9.17, 15) is 4.79 Å². The van der Waals surface area contributed by atoms with E-state index in [4.69, 9.17) is 5.26 Å². The van der Waals surface area contributed by atoms with Gasteiger partial charge in [0.2, 0.25) is 5.91 Å². The van der Waals surface area contributed by atoms with Gasteiger partial charge in [0.1, 0.15) is 0 Å². The summed E-state index contributed by atoms with van der Waals surface area (Å²) in [5.74, 6) is 0.224. The summed E-state index contributed by atoms with van der Waals surface area (Å²) in [5, 5.41) is 8.71. The van der Waals surface area contributed by atoms with Gasteiger partial charge in [0.15, 0.2) is 0 Å². The molecule has 0 radical (unpaired) electrons. The molecular formula is C15H19N3O. The molecule has 1 heterocycles. The third-order valence-corrected chi connectivity index (χ3v) is 3.66. The van der Waals surface area contributed by atoms with Gasteiger partial charge in [-0.2, -0.15) is 5.26 Å². The number of nitriles is 1. The van der Waals surface area contributed by atoms with Crippen molar-refractivity contribution in [1.82, 2.24) is 9.80 Å². The minimum Gasteiger partial charge on any atom is -0.339 e. The Labute approximate surface area is 114 Å². The number of hydrogen-bond donors (Lipinski definition) is 0. The molecule has 0 spiro atoms. The highest BCUT2D eigenvalue weighted by Gasteiger charge is 2.31. The van der Waals surface area contributed by atoms with Crippen LogP contribution in [0.4, 0.5) is 0 Å². The largest absolute Gasteiger partial charge is 0.339 e. The number of carbonyl (C=O) groups is 1. The Morgan fingerprint density at radius 1 is 1.37 bits per heavy atom. The summed E-state index contributed by atoms with van der Waals surface area (Å²) >= 11 is 0. The fraction of sp³-hybridized carbons (Fsp3) is 0.467. The van der Waals surface area contributed by atoms with Crippen LogP contribution in [0.1, 0.15) is 17.5 Å². The van der Waals surface area contributed by atoms with Crippen molar-refractivity contribution in [2.45, 2.75) is 18.9 Å². The highest BCUT2D eigenvalue weighted by Crippen LogP contribution is 2.15. The lowest BCUT2D eigenvalue weighted by Gasteiger charge is -2.42. The number of nitrogens with zero attached hydrogens (tertiary/aromatic N) is 3. The lowest BCUT2D eigenvalue weighted by molar-refractivity contribution is -0.137. The van der Waals surface area contributed by atoms with Crippen molar-refractivity contribution in [3.8, 4) is 6.07 Å². The molecule has 1 aromatic carbocycles. The molecule has 1 aliphatic rings. The van der Waals surface area contributed by atoms with Gasteiger partial charge in [-0.15, -0.1) is 0 Å². The average Bonchev–Trinajstić information content (AvgIpc) is 2.34. The van der Waals surface area contributed by atoms with E-state index in [1.807, 2.05) is 31.1 Å². The second-order valence-corrected chi connectivity index (χ2v) is 5.22. The third-order valence-electron chi connectivity index (χ3n) is 3.66. The number of hydrogen-bond acceptors (Lipinski definition) is 3. The zero-order chi connectivity index (χ0) is 13.8. The Kier molecular flexibility index (Phi) is 4.18. The van der Waals surface area contributed by atoms with Crippen molar-refractivity contribution in [3.05, 3.63) is 35.4 Å². The van der Waals surface area contributed by atoms with E-state index in [-0.39, 0.29) is 5.91 Å². The third kappa shape index (κ3) is 3.33. The molecule has 1 aromatic rings. The van der Waals surface area contributed by atoms with Gasteiger partial charge in [0.25, 0.3) is 0 Å². The van der Waals surface area contributed by atoms with Crippen molar-refractivity contribution in [2.75, 3.05) is 27.2 Å². The molecule has 0 bridgehead atoms. The van der Waals surface area contributed by atoms with Crippen LogP contribution in [0.5, 0.6) is 0 Å². The standard InChI is InChI=1S/C15H19N3O/c1-17(2)14-10-18(11-14)15(19)8-7-12-3-5-13(9-16)6-4-12/h3-6,14H,7-8,10-11H2,1-2H3. The summed E-state index contributed by atoms with van der Waals surface area (Å²) < 4.78 is 0. The summed E-state index contributed by atoms with van der Waals surface area (Å²) in [5.41, 5.74) is 1.77. The van der Waals surface area contributed by atoms with Crippen LogP contribution in [-0.2, 0) is 11.2 Å². The quantitative estimate of drug-likeness (QED) is 0.816. The number of aryl methyl sites for hydroxylation is 1. The van der Waals surface area contributed by atoms with Gasteiger partial charge in [-0.1, -0.05) is 12.1 Å². The van der Waals surface area contributed by atoms with E-state index in [1.165, 1.54) is 0 Å². The van der Waals surface area contributed by atoms with Crippen LogP contribution in [0, 0.1) is 11.3 Å². The lowest BCUT2D eigenvalue weighted by atomic mass is 10.0. The monoisotopic (exact) mass is 257 g/mol. The zero-order valence-corrected chi connectivity index (χ0v) is 11.5. The number of carbonyl (C=O) groups excluding carboxylic acids is 1. The van der Waals surface area contributed by atoms with Crippen molar-refractivity contribution in [1.29, 1.82) is 5.26 Å². The molecule has 2 rings (SSSR count). The molecule has 0 unspecified atom stereocenters. The number of likely N-dealkylation sites (N-methyl/N-ethyl adjacent to an activating group) is 1. The first-order valence-corrected chi connectivity index (χ1v) is 6.53. The average molecular weight is 257 g/mol. The molecule has 1 saturated heterocycles. The second-order valence-electron chi connectivity index (χ2n) is 5.22. The highest BCUT2D eigenvalue weighted by atomic mass is 16.2. The van der Waals surface area contributed by atoms with Gasteiger partial charge in [-0.3, -0.25) is 4.79 Å². The molecule has 1 amide bonds. The minimum absolute atomic E-state index is 0.224. The molecule has 0 aromatic heterocycles. The van der Waals surface area contributed by atoms with Crippen LogP contribution >= 0.6 is 0 Å². The highest BCUT2D eigenvalue weighted by molar-refractivity contribution is 5.77. The Hall–Kier alpha value is -1.86. The second kappa shape index (κ2) is 5.85. The van der Waals surface area contributed by atoms with Crippen LogP contribution in [-0.4, -0.2) is 48.9 Å². The van der Waals surface area contributed by atoms with E-state index in [2.05, 4.69) is 11.0 Å². The van der Waals surface area contributed by atoms with Crippen LogP contribution in [0.2, 0.25) is 0 Å². The molecule has 1 fully saturated rings. The summed E-state index contributed by atoms with van der Waals surface area (Å²) in [6.07, 6.45) is 1.29. The molecule has 100 valence electrons. The summed E-state index contributed by atoms with van der Waals surface area (Å²) in [6.45, 7) is 1.69. The Balaban J connectivity index is 1.76. The Morgan fingerprint density at radius 2 is 2.00 bits per heavy atom. The SMILES string of the molecule is CN(C)C1CN(C(=O)CCc2ccc(C#N)cc2)C1. The molecule has 0 aliphatic carbocycles. The predicted octanol–water partition coefficient (Wildman–Crippen LogP) is 1.26. The van der Waals surface area contributed by atoms with Crippen molar-refractivity contribution >= 4 is 5.91 Å². The molecule has 0 saturated carbocycles. The van der Waals surface area contributed by atoms with Crippen molar-refractivity contribution in [2.24, 2.45) is 0 Å². The van der Waals surface area contributed by atoms with Crippen LogP contribution in [0.3, 0.4) is 0 Å². The van der Waals surface area contributed by atoms with E-state index >= 15 is 0 Å². The fourth-order valence-electron chi connectivity index (χ4n) is 2.14. The Morgan fingerprint density at radius 3 is 2.53 bits per heavy atom. The van der Waals surface area contributed by atoms with Gasteiger partial charge < -0.3 is 9.80 Å². The van der Waals surface area contributed by atoms with E-state index < -0.39 is 0 Å². The topological polar surface area (TPSA) is 47.3 Å². The van der Waals surface area contributed by atoms with Crippen LogP contribution < -0.4 is 0 Å². The minimum atomic E-state index is 0.224. The van der Waals surface area contributed by atoms with E-state index in [0.717, 1.165) is 25.1 Å². The molecule has 19 heavy (non-hydrogen) atoms. The summed E-state index contributed by atoms with van der Waals surface area (Å²) in [6, 6.07) is 10.0. The predicted molar refractivity (Wildman–Crippen MR) is 73.5 cm³/mol. The molecular weight excluding hydrogens is 238 g/mol. The first-order valence-electron chi connectivity index (χ1n) is 6.53. The number of benzene rings is 1. The van der Waals surface area contributed by atoms with Crippen molar-refractivity contribution in [3.63, 3.8) is 0 Å². The molecule has 1 aliphatic heterocycles. The van der Waals surface area contributed by atoms with Gasteiger partial charge in [0.05, 0.1) is 11.6 Å².